The molecule has 1 aromatic heterocycles. The zero-order valence-corrected chi connectivity index (χ0v) is 14.0. The average molecular weight is 364 g/mol. The van der Waals surface area contributed by atoms with E-state index in [1.54, 1.807) is 29.8 Å². The SMILES string of the molecule is CC(S)c1cnc(S(=O)(=O)N[C@@H](C)C(F)(F)F)c2ccccc12. The first-order valence-electron chi connectivity index (χ1n) is 6.69. The van der Waals surface area contributed by atoms with Gasteiger partial charge < -0.3 is 0 Å². The fraction of sp³-hybridized carbons (Fsp3) is 0.357. The number of aromatic nitrogens is 1. The van der Waals surface area contributed by atoms with Gasteiger partial charge in [-0.1, -0.05) is 24.3 Å². The lowest BCUT2D eigenvalue weighted by Gasteiger charge is -2.18. The van der Waals surface area contributed by atoms with E-state index in [-0.39, 0.29) is 10.6 Å². The van der Waals surface area contributed by atoms with Gasteiger partial charge in [0.1, 0.15) is 6.04 Å². The third-order valence-corrected chi connectivity index (χ3v) is 5.09. The van der Waals surface area contributed by atoms with E-state index in [1.807, 2.05) is 0 Å². The predicted octanol–water partition coefficient (Wildman–Crippen LogP) is 3.45. The standard InChI is InChI=1S/C14H15F3N2O2S2/c1-8(22)12-7-18-13(11-6-4-3-5-10(11)12)23(20,21)19-9(2)14(15,16)17/h3-9,19,22H,1-2H3/t8?,9-/m0/s1. The van der Waals surface area contributed by atoms with Gasteiger partial charge in [0.2, 0.25) is 0 Å². The van der Waals surface area contributed by atoms with Crippen molar-refractivity contribution in [3.05, 3.63) is 36.0 Å². The highest BCUT2D eigenvalue weighted by Gasteiger charge is 2.39. The molecule has 1 unspecified atom stereocenters. The molecule has 0 aliphatic rings. The zero-order valence-electron chi connectivity index (χ0n) is 12.3. The molecular formula is C14H15F3N2O2S2. The van der Waals surface area contributed by atoms with Gasteiger partial charge in [-0.3, -0.25) is 0 Å². The van der Waals surface area contributed by atoms with Crippen molar-refractivity contribution in [3.63, 3.8) is 0 Å². The summed E-state index contributed by atoms with van der Waals surface area (Å²) < 4.78 is 64.1. The smallest absolute Gasteiger partial charge is 0.243 e. The molecule has 0 radical (unpaired) electrons. The van der Waals surface area contributed by atoms with Crippen LogP contribution >= 0.6 is 12.6 Å². The van der Waals surface area contributed by atoms with Crippen LogP contribution in [-0.2, 0) is 10.0 Å². The summed E-state index contributed by atoms with van der Waals surface area (Å²) in [5.41, 5.74) is 0.701. The molecule has 1 N–H and O–H groups in total. The van der Waals surface area contributed by atoms with Gasteiger partial charge in [0, 0.05) is 16.8 Å². The van der Waals surface area contributed by atoms with E-state index in [9.17, 15) is 21.6 Å². The van der Waals surface area contributed by atoms with Crippen molar-refractivity contribution in [3.8, 4) is 0 Å². The Morgan fingerprint density at radius 2 is 1.74 bits per heavy atom. The van der Waals surface area contributed by atoms with Gasteiger partial charge in [-0.2, -0.15) is 30.5 Å². The van der Waals surface area contributed by atoms with E-state index in [2.05, 4.69) is 17.6 Å². The first-order valence-corrected chi connectivity index (χ1v) is 8.68. The molecule has 4 nitrogen and oxygen atoms in total. The number of sulfonamides is 1. The molecule has 2 rings (SSSR count). The highest BCUT2D eigenvalue weighted by molar-refractivity contribution is 7.89. The molecule has 23 heavy (non-hydrogen) atoms. The number of nitrogens with one attached hydrogen (secondary N) is 1. The molecule has 0 saturated carbocycles. The first kappa shape index (κ1) is 18.0. The van der Waals surface area contributed by atoms with Crippen LogP contribution in [0.5, 0.6) is 0 Å². The van der Waals surface area contributed by atoms with Crippen molar-refractivity contribution in [2.75, 3.05) is 0 Å². The fourth-order valence-electron chi connectivity index (χ4n) is 2.09. The Morgan fingerprint density at radius 3 is 2.26 bits per heavy atom. The minimum atomic E-state index is -4.68. The maximum Gasteiger partial charge on any atom is 0.404 e. The van der Waals surface area contributed by atoms with Crippen molar-refractivity contribution in [1.82, 2.24) is 9.71 Å². The van der Waals surface area contributed by atoms with Crippen LogP contribution in [0.25, 0.3) is 10.8 Å². The number of hydrogen-bond acceptors (Lipinski definition) is 4. The van der Waals surface area contributed by atoms with Gasteiger partial charge in [-0.05, 0) is 24.8 Å². The van der Waals surface area contributed by atoms with Crippen molar-refractivity contribution in [1.29, 1.82) is 0 Å². The Labute approximate surface area is 137 Å². The van der Waals surface area contributed by atoms with Crippen LogP contribution in [-0.4, -0.2) is 25.6 Å². The Morgan fingerprint density at radius 1 is 1.17 bits per heavy atom. The van der Waals surface area contributed by atoms with E-state index < -0.39 is 27.3 Å². The Kier molecular flexibility index (Phi) is 4.93. The van der Waals surface area contributed by atoms with Crippen molar-refractivity contribution in [2.45, 2.75) is 36.3 Å². The lowest BCUT2D eigenvalue weighted by molar-refractivity contribution is -0.147. The van der Waals surface area contributed by atoms with Gasteiger partial charge in [0.15, 0.2) is 5.03 Å². The van der Waals surface area contributed by atoms with Crippen LogP contribution in [0.1, 0.15) is 24.7 Å². The molecule has 2 aromatic rings. The lowest BCUT2D eigenvalue weighted by Crippen LogP contribution is -2.43. The number of alkyl halides is 3. The topological polar surface area (TPSA) is 59.1 Å². The molecule has 0 aliphatic carbocycles. The molecule has 2 atom stereocenters. The number of hydrogen-bond donors (Lipinski definition) is 2. The molecule has 0 aliphatic heterocycles. The summed E-state index contributed by atoms with van der Waals surface area (Å²) in [5, 5.41) is 0.214. The third kappa shape index (κ3) is 3.78. The monoisotopic (exact) mass is 364 g/mol. The number of halogens is 3. The molecule has 9 heteroatoms. The van der Waals surface area contributed by atoms with Gasteiger partial charge in [0.25, 0.3) is 10.0 Å². The summed E-state index contributed by atoms with van der Waals surface area (Å²) in [6.07, 6.45) is -3.35. The van der Waals surface area contributed by atoms with Crippen LogP contribution in [0.3, 0.4) is 0 Å². The number of rotatable bonds is 4. The first-order chi connectivity index (χ1) is 10.5. The average Bonchev–Trinajstić information content (AvgIpc) is 2.44. The van der Waals surface area contributed by atoms with Crippen LogP contribution < -0.4 is 4.72 Å². The summed E-state index contributed by atoms with van der Waals surface area (Å²) in [4.78, 5) is 3.87. The largest absolute Gasteiger partial charge is 0.404 e. The highest BCUT2D eigenvalue weighted by atomic mass is 32.2. The highest BCUT2D eigenvalue weighted by Crippen LogP contribution is 2.31. The maximum absolute atomic E-state index is 12.6. The molecular weight excluding hydrogens is 349 g/mol. The number of nitrogens with zero attached hydrogens (tertiary/aromatic N) is 1. The molecule has 0 fully saturated rings. The van der Waals surface area contributed by atoms with Crippen molar-refractivity contribution < 1.29 is 21.6 Å². The van der Waals surface area contributed by atoms with Gasteiger partial charge >= 0.3 is 6.18 Å². The summed E-state index contributed by atoms with van der Waals surface area (Å²) in [7, 11) is -4.42. The van der Waals surface area contributed by atoms with E-state index in [1.165, 1.54) is 12.3 Å². The minimum Gasteiger partial charge on any atom is -0.243 e. The summed E-state index contributed by atoms with van der Waals surface area (Å²) in [6.45, 7) is 2.54. The van der Waals surface area contributed by atoms with Crippen molar-refractivity contribution >= 4 is 33.4 Å². The Hall–Kier alpha value is -1.32. The molecule has 126 valence electrons. The van der Waals surface area contributed by atoms with Gasteiger partial charge in [-0.15, -0.1) is 0 Å². The fourth-order valence-corrected chi connectivity index (χ4v) is 3.67. The van der Waals surface area contributed by atoms with E-state index in [0.717, 1.165) is 6.92 Å². The summed E-state index contributed by atoms with van der Waals surface area (Å²) in [6, 6.07) is 4.30. The van der Waals surface area contributed by atoms with Crippen LogP contribution in [0.2, 0.25) is 0 Å². The van der Waals surface area contributed by atoms with Crippen LogP contribution in [0.15, 0.2) is 35.5 Å². The minimum absolute atomic E-state index is 0.203. The normalized spacial score (nSPS) is 15.6. The number of pyridine rings is 1. The predicted molar refractivity (Wildman–Crippen MR) is 85.0 cm³/mol. The van der Waals surface area contributed by atoms with Crippen molar-refractivity contribution in [2.24, 2.45) is 0 Å². The lowest BCUT2D eigenvalue weighted by atomic mass is 10.1. The molecule has 1 aromatic carbocycles. The maximum atomic E-state index is 12.6. The molecule has 0 saturated heterocycles. The van der Waals surface area contributed by atoms with E-state index in [0.29, 0.717) is 10.9 Å². The Bertz CT molecular complexity index is 820. The quantitative estimate of drug-likeness (QED) is 0.817. The molecule has 0 amide bonds. The second-order valence-electron chi connectivity index (χ2n) is 5.12. The van der Waals surface area contributed by atoms with E-state index >= 15 is 0 Å². The van der Waals surface area contributed by atoms with Crippen LogP contribution in [0.4, 0.5) is 13.2 Å². The molecule has 1 heterocycles. The summed E-state index contributed by atoms with van der Waals surface area (Å²) >= 11 is 4.31. The zero-order chi connectivity index (χ0) is 17.4. The second kappa shape index (κ2) is 6.29. The molecule has 0 spiro atoms. The molecule has 0 bridgehead atoms. The number of fused-ring (bicyclic) bond motifs is 1. The second-order valence-corrected chi connectivity index (χ2v) is 7.53. The number of benzene rings is 1. The van der Waals surface area contributed by atoms with Gasteiger partial charge in [0.05, 0.1) is 0 Å². The third-order valence-electron chi connectivity index (χ3n) is 3.32. The van der Waals surface area contributed by atoms with Crippen LogP contribution in [0, 0.1) is 0 Å². The Balaban J connectivity index is 2.58. The number of thiol groups is 1. The van der Waals surface area contributed by atoms with Gasteiger partial charge in [-0.25, -0.2) is 13.4 Å². The summed E-state index contributed by atoms with van der Waals surface area (Å²) in [5.74, 6) is 0. The van der Waals surface area contributed by atoms with E-state index in [4.69, 9.17) is 0 Å².